The molecule has 116 valence electrons. The molecule has 0 N–H and O–H groups in total. The maximum atomic E-state index is 6.32. The Labute approximate surface area is 135 Å². The van der Waals surface area contributed by atoms with Gasteiger partial charge in [0.25, 0.3) is 0 Å². The van der Waals surface area contributed by atoms with E-state index in [0.717, 1.165) is 41.3 Å². The second-order valence-corrected chi connectivity index (χ2v) is 5.47. The predicted molar refractivity (Wildman–Crippen MR) is 86.5 cm³/mol. The van der Waals surface area contributed by atoms with Crippen LogP contribution in [0.15, 0.2) is 18.2 Å². The third-order valence-corrected chi connectivity index (χ3v) is 3.71. The molecule has 0 aliphatic rings. The largest absolute Gasteiger partial charge is 0.382 e. The Morgan fingerprint density at radius 2 is 2.10 bits per heavy atom. The summed E-state index contributed by atoms with van der Waals surface area (Å²) in [5.41, 5.74) is 1.90. The zero-order chi connectivity index (χ0) is 15.1. The van der Waals surface area contributed by atoms with Gasteiger partial charge in [-0.25, -0.2) is 4.98 Å². The van der Waals surface area contributed by atoms with Crippen molar-refractivity contribution in [3.05, 3.63) is 29.0 Å². The quantitative estimate of drug-likeness (QED) is 0.521. The predicted octanol–water partition coefficient (Wildman–Crippen LogP) is 3.52. The first kappa shape index (κ1) is 16.6. The minimum Gasteiger partial charge on any atom is -0.382 e. The molecule has 4 nitrogen and oxygen atoms in total. The maximum Gasteiger partial charge on any atom is 0.111 e. The highest BCUT2D eigenvalue weighted by Gasteiger charge is 2.12. The number of para-hydroxylation sites is 1. The van der Waals surface area contributed by atoms with Gasteiger partial charge in [0.05, 0.1) is 29.3 Å². The van der Waals surface area contributed by atoms with Gasteiger partial charge >= 0.3 is 0 Å². The lowest BCUT2D eigenvalue weighted by atomic mass is 10.3. The highest BCUT2D eigenvalue weighted by Crippen LogP contribution is 2.25. The number of rotatable bonds is 9. The number of imidazole rings is 1. The normalized spacial score (nSPS) is 11.4. The number of alkyl halides is 1. The fourth-order valence-corrected chi connectivity index (χ4v) is 2.72. The summed E-state index contributed by atoms with van der Waals surface area (Å²) in [6.07, 6.45) is 1.63. The molecule has 2 aromatic rings. The van der Waals surface area contributed by atoms with Crippen LogP contribution in [-0.4, -0.2) is 42.4 Å². The van der Waals surface area contributed by atoms with Gasteiger partial charge in [-0.3, -0.25) is 0 Å². The molecular weight excluding hydrogens is 311 g/mol. The Kier molecular flexibility index (Phi) is 6.77. The van der Waals surface area contributed by atoms with Crippen LogP contribution in [0.3, 0.4) is 0 Å². The van der Waals surface area contributed by atoms with Crippen LogP contribution < -0.4 is 0 Å². The number of hydrogen-bond acceptors (Lipinski definition) is 3. The zero-order valence-corrected chi connectivity index (χ0v) is 13.7. The molecule has 0 amide bonds. The van der Waals surface area contributed by atoms with E-state index in [9.17, 15) is 0 Å². The van der Waals surface area contributed by atoms with Crippen molar-refractivity contribution in [2.75, 3.05) is 32.8 Å². The highest BCUT2D eigenvalue weighted by atomic mass is 35.5. The van der Waals surface area contributed by atoms with Gasteiger partial charge in [0, 0.05) is 32.6 Å². The highest BCUT2D eigenvalue weighted by molar-refractivity contribution is 6.35. The summed E-state index contributed by atoms with van der Waals surface area (Å²) < 4.78 is 12.6. The number of aryl methyl sites for hydroxylation is 2. The molecule has 2 rings (SSSR count). The van der Waals surface area contributed by atoms with Gasteiger partial charge in [-0.1, -0.05) is 17.7 Å². The Morgan fingerprint density at radius 1 is 1.24 bits per heavy atom. The van der Waals surface area contributed by atoms with E-state index in [-0.39, 0.29) is 0 Å². The Balaban J connectivity index is 2.07. The molecular formula is C15H20Cl2N2O2. The smallest absolute Gasteiger partial charge is 0.111 e. The van der Waals surface area contributed by atoms with Crippen LogP contribution in [0.2, 0.25) is 5.02 Å². The van der Waals surface area contributed by atoms with Gasteiger partial charge in [0.1, 0.15) is 5.82 Å². The van der Waals surface area contributed by atoms with E-state index in [1.165, 1.54) is 0 Å². The summed E-state index contributed by atoms with van der Waals surface area (Å²) in [6, 6.07) is 5.78. The number of fused-ring (bicyclic) bond motifs is 1. The van der Waals surface area contributed by atoms with Crippen molar-refractivity contribution < 1.29 is 9.47 Å². The van der Waals surface area contributed by atoms with Crippen molar-refractivity contribution in [3.8, 4) is 0 Å². The first-order valence-electron chi connectivity index (χ1n) is 7.04. The monoisotopic (exact) mass is 330 g/mol. The number of ether oxygens (including phenoxy) is 2. The van der Waals surface area contributed by atoms with E-state index in [4.69, 9.17) is 32.7 Å². The van der Waals surface area contributed by atoms with Crippen LogP contribution in [0.25, 0.3) is 11.0 Å². The molecule has 0 unspecified atom stereocenters. The third kappa shape index (κ3) is 4.33. The lowest BCUT2D eigenvalue weighted by Crippen LogP contribution is -2.09. The zero-order valence-electron chi connectivity index (χ0n) is 12.1. The Morgan fingerprint density at radius 3 is 2.86 bits per heavy atom. The number of aromatic nitrogens is 2. The van der Waals surface area contributed by atoms with Crippen molar-refractivity contribution in [2.24, 2.45) is 0 Å². The molecule has 0 aliphatic carbocycles. The molecule has 0 atom stereocenters. The fraction of sp³-hybridized carbons (Fsp3) is 0.533. The van der Waals surface area contributed by atoms with Crippen LogP contribution in [-0.2, 0) is 22.4 Å². The van der Waals surface area contributed by atoms with Gasteiger partial charge in [-0.15, -0.1) is 11.6 Å². The van der Waals surface area contributed by atoms with Crippen LogP contribution >= 0.6 is 23.2 Å². The van der Waals surface area contributed by atoms with Crippen LogP contribution in [0, 0.1) is 0 Å². The summed E-state index contributed by atoms with van der Waals surface area (Å²) >= 11 is 12.2. The maximum absolute atomic E-state index is 6.32. The molecule has 1 aromatic carbocycles. The molecule has 0 radical (unpaired) electrons. The Bertz CT molecular complexity index is 572. The third-order valence-electron chi connectivity index (χ3n) is 3.22. The summed E-state index contributed by atoms with van der Waals surface area (Å²) in [6.45, 7) is 2.75. The molecule has 0 saturated carbocycles. The van der Waals surface area contributed by atoms with Crippen molar-refractivity contribution in [3.63, 3.8) is 0 Å². The molecule has 0 fully saturated rings. The van der Waals surface area contributed by atoms with E-state index in [1.54, 1.807) is 7.11 Å². The minimum atomic E-state index is 0.547. The lowest BCUT2D eigenvalue weighted by Gasteiger charge is -2.09. The van der Waals surface area contributed by atoms with E-state index >= 15 is 0 Å². The van der Waals surface area contributed by atoms with E-state index in [2.05, 4.69) is 9.55 Å². The van der Waals surface area contributed by atoms with E-state index in [0.29, 0.717) is 25.7 Å². The number of benzene rings is 1. The van der Waals surface area contributed by atoms with Gasteiger partial charge in [-0.2, -0.15) is 0 Å². The number of nitrogens with zero attached hydrogens (tertiary/aromatic N) is 2. The standard InChI is InChI=1S/C15H20Cl2N2O2/c1-20-10-11-21-9-3-8-19-14(6-7-16)18-13-5-2-4-12(17)15(13)19/h2,4-5H,3,6-11H2,1H3. The average molecular weight is 331 g/mol. The minimum absolute atomic E-state index is 0.547. The van der Waals surface area contributed by atoms with Crippen molar-refractivity contribution in [1.29, 1.82) is 0 Å². The van der Waals surface area contributed by atoms with Gasteiger partial charge in [-0.05, 0) is 18.6 Å². The number of hydrogen-bond donors (Lipinski definition) is 0. The second kappa shape index (κ2) is 8.59. The van der Waals surface area contributed by atoms with Crippen molar-refractivity contribution in [1.82, 2.24) is 9.55 Å². The van der Waals surface area contributed by atoms with Gasteiger partial charge in [0.2, 0.25) is 0 Å². The van der Waals surface area contributed by atoms with Gasteiger partial charge < -0.3 is 14.0 Å². The first-order chi connectivity index (χ1) is 10.3. The summed E-state index contributed by atoms with van der Waals surface area (Å²) in [4.78, 5) is 4.62. The topological polar surface area (TPSA) is 36.3 Å². The molecule has 0 saturated heterocycles. The van der Waals surface area contributed by atoms with Crippen molar-refractivity contribution >= 4 is 34.2 Å². The summed E-state index contributed by atoms with van der Waals surface area (Å²) in [5.74, 6) is 1.52. The first-order valence-corrected chi connectivity index (χ1v) is 7.95. The second-order valence-electron chi connectivity index (χ2n) is 4.68. The van der Waals surface area contributed by atoms with Crippen LogP contribution in [0.5, 0.6) is 0 Å². The van der Waals surface area contributed by atoms with E-state index < -0.39 is 0 Å². The molecule has 1 aromatic heterocycles. The van der Waals surface area contributed by atoms with Crippen LogP contribution in [0.4, 0.5) is 0 Å². The van der Waals surface area contributed by atoms with Gasteiger partial charge in [0.15, 0.2) is 0 Å². The lowest BCUT2D eigenvalue weighted by molar-refractivity contribution is 0.0680. The van der Waals surface area contributed by atoms with E-state index in [1.807, 2.05) is 18.2 Å². The molecule has 0 bridgehead atoms. The van der Waals surface area contributed by atoms with Crippen LogP contribution in [0.1, 0.15) is 12.2 Å². The molecule has 0 spiro atoms. The molecule has 6 heteroatoms. The fourth-order valence-electron chi connectivity index (χ4n) is 2.28. The SMILES string of the molecule is COCCOCCCn1c(CCCl)nc2cccc(Cl)c21. The average Bonchev–Trinajstić information content (AvgIpc) is 2.82. The number of methoxy groups -OCH3 is 1. The molecule has 0 aliphatic heterocycles. The van der Waals surface area contributed by atoms with Crippen molar-refractivity contribution in [2.45, 2.75) is 19.4 Å². The summed E-state index contributed by atoms with van der Waals surface area (Å²) in [7, 11) is 1.67. The number of halogens is 2. The molecule has 21 heavy (non-hydrogen) atoms. The Hall–Kier alpha value is -0.810. The molecule has 1 heterocycles. The summed E-state index contributed by atoms with van der Waals surface area (Å²) in [5, 5.41) is 0.723.